The Morgan fingerprint density at radius 3 is 2.77 bits per heavy atom. The first-order valence-electron chi connectivity index (χ1n) is 7.67. The molecular weight excluding hydrogens is 356 g/mol. The molecule has 26 heavy (non-hydrogen) atoms. The SMILES string of the molecule is COc1ccc(S(=O)(=O)N(C)CC(=O)NN=Cc2cccnc2)cc1C. The third-order valence-electron chi connectivity index (χ3n) is 3.53. The first-order chi connectivity index (χ1) is 12.3. The van der Waals surface area contributed by atoms with Crippen LogP contribution in [0.2, 0.25) is 0 Å². The molecule has 2 aromatic rings. The molecule has 0 unspecified atom stereocenters. The molecule has 0 aliphatic rings. The number of methoxy groups -OCH3 is 1. The number of benzene rings is 1. The van der Waals surface area contributed by atoms with E-state index in [0.29, 0.717) is 16.9 Å². The molecular formula is C17H20N4O4S. The topological polar surface area (TPSA) is 101 Å². The molecule has 9 heteroatoms. The Labute approximate surface area is 152 Å². The molecule has 1 aromatic heterocycles. The first-order valence-corrected chi connectivity index (χ1v) is 9.11. The molecule has 1 aromatic carbocycles. The molecule has 0 spiro atoms. The van der Waals surface area contributed by atoms with Crippen molar-refractivity contribution in [1.29, 1.82) is 0 Å². The minimum Gasteiger partial charge on any atom is -0.496 e. The predicted molar refractivity (Wildman–Crippen MR) is 97.5 cm³/mol. The van der Waals surface area contributed by atoms with Crippen LogP contribution >= 0.6 is 0 Å². The van der Waals surface area contributed by atoms with Gasteiger partial charge >= 0.3 is 0 Å². The van der Waals surface area contributed by atoms with E-state index in [0.717, 1.165) is 4.31 Å². The molecule has 0 radical (unpaired) electrons. The predicted octanol–water partition coefficient (Wildman–Crippen LogP) is 1.17. The molecule has 0 bridgehead atoms. The highest BCUT2D eigenvalue weighted by molar-refractivity contribution is 7.89. The number of sulfonamides is 1. The second-order valence-corrected chi connectivity index (χ2v) is 7.52. The van der Waals surface area contributed by atoms with E-state index in [-0.39, 0.29) is 11.4 Å². The Hall–Kier alpha value is -2.78. The summed E-state index contributed by atoms with van der Waals surface area (Å²) in [6.07, 6.45) is 4.63. The van der Waals surface area contributed by atoms with Gasteiger partial charge in [-0.3, -0.25) is 9.78 Å². The minimum absolute atomic E-state index is 0.0879. The number of nitrogens with zero attached hydrogens (tertiary/aromatic N) is 3. The summed E-state index contributed by atoms with van der Waals surface area (Å²) in [5.41, 5.74) is 3.69. The number of likely N-dealkylation sites (N-methyl/N-ethyl adjacent to an activating group) is 1. The average Bonchev–Trinajstić information content (AvgIpc) is 2.62. The van der Waals surface area contributed by atoms with Crippen LogP contribution in [0.15, 0.2) is 52.7 Å². The van der Waals surface area contributed by atoms with E-state index in [1.165, 1.54) is 32.5 Å². The second-order valence-electron chi connectivity index (χ2n) is 5.47. The molecule has 1 N–H and O–H groups in total. The van der Waals surface area contributed by atoms with Gasteiger partial charge in [0.25, 0.3) is 5.91 Å². The van der Waals surface area contributed by atoms with Crippen LogP contribution in [0, 0.1) is 6.92 Å². The van der Waals surface area contributed by atoms with Crippen molar-refractivity contribution in [2.75, 3.05) is 20.7 Å². The van der Waals surface area contributed by atoms with Crippen LogP contribution in [0.3, 0.4) is 0 Å². The lowest BCUT2D eigenvalue weighted by Gasteiger charge is -2.17. The van der Waals surface area contributed by atoms with Crippen molar-refractivity contribution < 1.29 is 17.9 Å². The lowest BCUT2D eigenvalue weighted by molar-refractivity contribution is -0.121. The number of ether oxygens (including phenoxy) is 1. The Bertz CT molecular complexity index is 898. The van der Waals surface area contributed by atoms with Gasteiger partial charge in [0.15, 0.2) is 0 Å². The number of nitrogens with one attached hydrogen (secondary N) is 1. The van der Waals surface area contributed by atoms with Crippen LogP contribution in [-0.2, 0) is 14.8 Å². The Morgan fingerprint density at radius 2 is 2.15 bits per heavy atom. The summed E-state index contributed by atoms with van der Waals surface area (Å²) in [7, 11) is -0.958. The number of amides is 1. The highest BCUT2D eigenvalue weighted by atomic mass is 32.2. The number of hydrazone groups is 1. The molecule has 0 fully saturated rings. The number of aromatic nitrogens is 1. The molecule has 2 rings (SSSR count). The Morgan fingerprint density at radius 1 is 1.38 bits per heavy atom. The van der Waals surface area contributed by atoms with E-state index in [1.807, 2.05) is 0 Å². The monoisotopic (exact) mass is 376 g/mol. The smallest absolute Gasteiger partial charge is 0.255 e. The minimum atomic E-state index is -3.80. The fraction of sp³-hybridized carbons (Fsp3) is 0.235. The van der Waals surface area contributed by atoms with Crippen LogP contribution in [0.1, 0.15) is 11.1 Å². The van der Waals surface area contributed by atoms with Gasteiger partial charge in [0.1, 0.15) is 5.75 Å². The Kier molecular flexibility index (Phi) is 6.42. The number of carbonyl (C=O) groups excluding carboxylic acids is 1. The zero-order valence-corrected chi connectivity index (χ0v) is 15.5. The molecule has 1 amide bonds. The summed E-state index contributed by atoms with van der Waals surface area (Å²) in [6.45, 7) is 1.38. The number of hydrogen-bond donors (Lipinski definition) is 1. The molecule has 0 aliphatic heterocycles. The van der Waals surface area contributed by atoms with Crippen LogP contribution < -0.4 is 10.2 Å². The van der Waals surface area contributed by atoms with Crippen LogP contribution in [-0.4, -0.2) is 50.5 Å². The average molecular weight is 376 g/mol. The van der Waals surface area contributed by atoms with E-state index in [4.69, 9.17) is 4.74 Å². The third-order valence-corrected chi connectivity index (χ3v) is 5.33. The first kappa shape index (κ1) is 19.5. The lowest BCUT2D eigenvalue weighted by Crippen LogP contribution is -2.36. The quantitative estimate of drug-likeness (QED) is 0.577. The second kappa shape index (κ2) is 8.54. The summed E-state index contributed by atoms with van der Waals surface area (Å²) in [4.78, 5) is 15.9. The van der Waals surface area contributed by atoms with E-state index >= 15 is 0 Å². The molecule has 138 valence electrons. The maximum absolute atomic E-state index is 12.6. The van der Waals surface area contributed by atoms with Gasteiger partial charge in [0.2, 0.25) is 10.0 Å². The summed E-state index contributed by atoms with van der Waals surface area (Å²) in [5, 5.41) is 3.78. The van der Waals surface area contributed by atoms with Crippen LogP contribution in [0.5, 0.6) is 5.75 Å². The normalized spacial score (nSPS) is 11.7. The van der Waals surface area contributed by atoms with E-state index in [9.17, 15) is 13.2 Å². The number of aryl methyl sites for hydroxylation is 1. The van der Waals surface area contributed by atoms with Gasteiger partial charge < -0.3 is 4.74 Å². The molecule has 0 saturated heterocycles. The maximum atomic E-state index is 12.6. The number of rotatable bonds is 7. The summed E-state index contributed by atoms with van der Waals surface area (Å²) >= 11 is 0. The zero-order chi connectivity index (χ0) is 19.2. The number of pyridine rings is 1. The largest absolute Gasteiger partial charge is 0.496 e. The van der Waals surface area contributed by atoms with Gasteiger partial charge in [-0.1, -0.05) is 6.07 Å². The van der Waals surface area contributed by atoms with Crippen LogP contribution in [0.25, 0.3) is 0 Å². The molecule has 0 atom stereocenters. The Balaban J connectivity index is 2.01. The molecule has 0 aliphatic carbocycles. The van der Waals surface area contributed by atoms with Crippen LogP contribution in [0.4, 0.5) is 0 Å². The maximum Gasteiger partial charge on any atom is 0.255 e. The van der Waals surface area contributed by atoms with Crippen molar-refractivity contribution in [3.8, 4) is 5.75 Å². The van der Waals surface area contributed by atoms with E-state index in [1.54, 1.807) is 37.5 Å². The highest BCUT2D eigenvalue weighted by Gasteiger charge is 2.23. The summed E-state index contributed by atoms with van der Waals surface area (Å²) < 4.78 is 31.2. The van der Waals surface area contributed by atoms with Crippen molar-refractivity contribution in [3.63, 3.8) is 0 Å². The fourth-order valence-electron chi connectivity index (χ4n) is 2.15. The fourth-order valence-corrected chi connectivity index (χ4v) is 3.36. The van der Waals surface area contributed by atoms with Gasteiger partial charge in [-0.15, -0.1) is 0 Å². The molecule has 1 heterocycles. The van der Waals surface area contributed by atoms with Gasteiger partial charge in [-0.2, -0.15) is 9.41 Å². The lowest BCUT2D eigenvalue weighted by atomic mass is 10.2. The van der Waals surface area contributed by atoms with Crippen molar-refractivity contribution in [1.82, 2.24) is 14.7 Å². The van der Waals surface area contributed by atoms with Gasteiger partial charge in [-0.25, -0.2) is 13.8 Å². The van der Waals surface area contributed by atoms with Crippen molar-refractivity contribution >= 4 is 22.1 Å². The van der Waals surface area contributed by atoms with E-state index in [2.05, 4.69) is 15.5 Å². The van der Waals surface area contributed by atoms with Crippen molar-refractivity contribution in [2.45, 2.75) is 11.8 Å². The molecule has 0 saturated carbocycles. The number of carbonyl (C=O) groups is 1. The summed E-state index contributed by atoms with van der Waals surface area (Å²) in [6, 6.07) is 8.03. The zero-order valence-electron chi connectivity index (χ0n) is 14.7. The van der Waals surface area contributed by atoms with E-state index < -0.39 is 15.9 Å². The van der Waals surface area contributed by atoms with Crippen molar-refractivity contribution in [2.24, 2.45) is 5.10 Å². The third kappa shape index (κ3) is 4.87. The molecule has 8 nitrogen and oxygen atoms in total. The standard InChI is InChI=1S/C17H20N4O4S/c1-13-9-15(6-7-16(13)25-3)26(23,24)21(2)12-17(22)20-19-11-14-5-4-8-18-10-14/h4-11H,12H2,1-3H3,(H,20,22). The van der Waals surface area contributed by atoms with Gasteiger partial charge in [-0.05, 0) is 36.8 Å². The van der Waals surface area contributed by atoms with Crippen molar-refractivity contribution in [3.05, 3.63) is 53.9 Å². The van der Waals surface area contributed by atoms with Gasteiger partial charge in [0, 0.05) is 25.0 Å². The number of hydrogen-bond acceptors (Lipinski definition) is 6. The summed E-state index contributed by atoms with van der Waals surface area (Å²) in [5.74, 6) is 0.0375. The highest BCUT2D eigenvalue weighted by Crippen LogP contribution is 2.23. The van der Waals surface area contributed by atoms with Gasteiger partial charge in [0.05, 0.1) is 24.8 Å².